The van der Waals surface area contributed by atoms with E-state index in [4.69, 9.17) is 0 Å². The van der Waals surface area contributed by atoms with Crippen LogP contribution in [0.4, 0.5) is 11.6 Å². The maximum absolute atomic E-state index is 9.49. The molecular formula is C17H21N7. The van der Waals surface area contributed by atoms with Crippen LogP contribution >= 0.6 is 0 Å². The molecule has 124 valence electrons. The lowest BCUT2D eigenvalue weighted by molar-refractivity contribution is 0.640. The first-order valence-electron chi connectivity index (χ1n) is 8.11. The van der Waals surface area contributed by atoms with Crippen molar-refractivity contribution in [3.63, 3.8) is 0 Å². The molecule has 1 saturated heterocycles. The monoisotopic (exact) mass is 323 g/mol. The summed E-state index contributed by atoms with van der Waals surface area (Å²) in [5.41, 5.74) is 2.30. The summed E-state index contributed by atoms with van der Waals surface area (Å²) in [5.74, 6) is 1.55. The van der Waals surface area contributed by atoms with Gasteiger partial charge in [0.05, 0.1) is 5.69 Å². The predicted molar refractivity (Wildman–Crippen MR) is 91.9 cm³/mol. The van der Waals surface area contributed by atoms with E-state index >= 15 is 0 Å². The Morgan fingerprint density at radius 2 is 2.17 bits per heavy atom. The molecule has 1 atom stereocenters. The molecular weight excluding hydrogens is 302 g/mol. The first-order valence-corrected chi connectivity index (χ1v) is 8.11. The topological polar surface area (TPSA) is 81.8 Å². The van der Waals surface area contributed by atoms with Crippen LogP contribution in [0.3, 0.4) is 0 Å². The molecule has 0 unspecified atom stereocenters. The maximum Gasteiger partial charge on any atom is 0.169 e. The zero-order valence-electron chi connectivity index (χ0n) is 14.3. The molecule has 3 heterocycles. The average Bonchev–Trinajstić information content (AvgIpc) is 3.06. The average molecular weight is 323 g/mol. The van der Waals surface area contributed by atoms with Crippen LogP contribution in [0.5, 0.6) is 0 Å². The Balaban J connectivity index is 1.81. The molecule has 0 radical (unpaired) electrons. The zero-order valence-corrected chi connectivity index (χ0v) is 14.3. The molecule has 0 amide bonds. The van der Waals surface area contributed by atoms with E-state index in [0.717, 1.165) is 43.0 Å². The largest absolute Gasteiger partial charge is 0.355 e. The molecule has 1 aliphatic rings. The Morgan fingerprint density at radius 3 is 2.88 bits per heavy atom. The van der Waals surface area contributed by atoms with Crippen molar-refractivity contribution in [2.75, 3.05) is 29.9 Å². The van der Waals surface area contributed by atoms with Gasteiger partial charge in [-0.1, -0.05) is 0 Å². The normalized spacial score (nSPS) is 16.9. The van der Waals surface area contributed by atoms with E-state index in [1.54, 1.807) is 6.20 Å². The van der Waals surface area contributed by atoms with E-state index in [1.165, 1.54) is 0 Å². The smallest absolute Gasteiger partial charge is 0.169 e. The summed E-state index contributed by atoms with van der Waals surface area (Å²) < 4.78 is 0. The summed E-state index contributed by atoms with van der Waals surface area (Å²) in [7, 11) is 1.97. The molecule has 24 heavy (non-hydrogen) atoms. The first kappa shape index (κ1) is 16.1. The Morgan fingerprint density at radius 1 is 1.33 bits per heavy atom. The Bertz CT molecular complexity index is 754. The molecule has 7 nitrogen and oxygen atoms in total. The van der Waals surface area contributed by atoms with Crippen molar-refractivity contribution in [2.45, 2.75) is 32.7 Å². The van der Waals surface area contributed by atoms with Gasteiger partial charge in [0.25, 0.3) is 0 Å². The van der Waals surface area contributed by atoms with E-state index in [-0.39, 0.29) is 0 Å². The predicted octanol–water partition coefficient (Wildman–Crippen LogP) is 1.86. The summed E-state index contributed by atoms with van der Waals surface area (Å²) in [5, 5.41) is 26.1. The zero-order chi connectivity index (χ0) is 17.1. The first-order chi connectivity index (χ1) is 11.6. The van der Waals surface area contributed by atoms with Crippen LogP contribution in [-0.4, -0.2) is 46.6 Å². The van der Waals surface area contributed by atoms with Gasteiger partial charge in [0.2, 0.25) is 0 Å². The van der Waals surface area contributed by atoms with Gasteiger partial charge >= 0.3 is 0 Å². The molecule has 2 aromatic heterocycles. The molecule has 7 heteroatoms. The van der Waals surface area contributed by atoms with Gasteiger partial charge in [-0.05, 0) is 44.4 Å². The third-order valence-electron chi connectivity index (χ3n) is 4.62. The van der Waals surface area contributed by atoms with Gasteiger partial charge in [-0.25, -0.2) is 0 Å². The third-order valence-corrected chi connectivity index (χ3v) is 4.62. The van der Waals surface area contributed by atoms with Gasteiger partial charge < -0.3 is 9.80 Å². The standard InChI is InChI=1S/C17H21N7/c1-12-13(2)20-22-17(15(12)10-18)23(3)11-14-6-5-9-24(14)16-7-4-8-19-21-16/h4,7-8,14H,5-6,9,11H2,1-3H3/t14-/m0/s1. The van der Waals surface area contributed by atoms with E-state index in [1.807, 2.05) is 37.9 Å². The molecule has 0 saturated carbocycles. The third kappa shape index (κ3) is 3.00. The number of hydrogen-bond donors (Lipinski definition) is 0. The number of aromatic nitrogens is 4. The van der Waals surface area contributed by atoms with Crippen LogP contribution in [0.2, 0.25) is 0 Å². The van der Waals surface area contributed by atoms with Crippen LogP contribution < -0.4 is 9.80 Å². The second-order valence-electron chi connectivity index (χ2n) is 6.17. The molecule has 0 aromatic carbocycles. The van der Waals surface area contributed by atoms with Crippen molar-refractivity contribution in [2.24, 2.45) is 0 Å². The number of hydrogen-bond acceptors (Lipinski definition) is 7. The molecule has 1 aliphatic heterocycles. The van der Waals surface area contributed by atoms with Gasteiger partial charge in [0.15, 0.2) is 11.6 Å². The minimum atomic E-state index is 0.321. The van der Waals surface area contributed by atoms with Crippen LogP contribution in [-0.2, 0) is 0 Å². The quantitative estimate of drug-likeness (QED) is 0.849. The number of nitrogens with zero attached hydrogens (tertiary/aromatic N) is 7. The number of aryl methyl sites for hydroxylation is 1. The van der Waals surface area contributed by atoms with E-state index in [0.29, 0.717) is 17.4 Å². The summed E-state index contributed by atoms with van der Waals surface area (Å²) >= 11 is 0. The summed E-state index contributed by atoms with van der Waals surface area (Å²) in [6.45, 7) is 5.53. The lowest BCUT2D eigenvalue weighted by Gasteiger charge is -2.30. The minimum Gasteiger partial charge on any atom is -0.355 e. The van der Waals surface area contributed by atoms with Gasteiger partial charge in [-0.2, -0.15) is 15.5 Å². The van der Waals surface area contributed by atoms with Crippen LogP contribution in [0.1, 0.15) is 29.7 Å². The highest BCUT2D eigenvalue weighted by molar-refractivity contribution is 5.57. The fraction of sp³-hybridized carbons (Fsp3) is 0.471. The van der Waals surface area contributed by atoms with E-state index in [9.17, 15) is 5.26 Å². The van der Waals surface area contributed by atoms with Crippen LogP contribution in [0, 0.1) is 25.2 Å². The second kappa shape index (κ2) is 6.79. The van der Waals surface area contributed by atoms with Gasteiger partial charge in [-0.15, -0.1) is 10.2 Å². The number of anilines is 2. The highest BCUT2D eigenvalue weighted by Crippen LogP contribution is 2.26. The molecule has 2 aromatic rings. The van der Waals surface area contributed by atoms with Crippen molar-refractivity contribution in [3.05, 3.63) is 35.2 Å². The molecule has 3 rings (SSSR count). The number of likely N-dealkylation sites (N-methyl/N-ethyl adjacent to an activating group) is 1. The fourth-order valence-electron chi connectivity index (χ4n) is 3.17. The van der Waals surface area contributed by atoms with Gasteiger partial charge in [0, 0.05) is 32.4 Å². The highest BCUT2D eigenvalue weighted by atomic mass is 15.3. The maximum atomic E-state index is 9.49. The van der Waals surface area contributed by atoms with Gasteiger partial charge in [0.1, 0.15) is 11.6 Å². The second-order valence-corrected chi connectivity index (χ2v) is 6.17. The Labute approximate surface area is 141 Å². The SMILES string of the molecule is Cc1nnc(N(C)C[C@@H]2CCCN2c2cccnn2)c(C#N)c1C. The van der Waals surface area contributed by atoms with E-state index in [2.05, 4.69) is 31.4 Å². The van der Waals surface area contributed by atoms with Crippen molar-refractivity contribution in [1.82, 2.24) is 20.4 Å². The Hall–Kier alpha value is -2.75. The summed E-state index contributed by atoms with van der Waals surface area (Å²) in [6, 6.07) is 6.49. The van der Waals surface area contributed by atoms with Crippen molar-refractivity contribution >= 4 is 11.6 Å². The summed E-state index contributed by atoms with van der Waals surface area (Å²) in [6.07, 6.45) is 3.89. The fourth-order valence-corrected chi connectivity index (χ4v) is 3.17. The molecule has 0 spiro atoms. The number of nitriles is 1. The molecule has 0 bridgehead atoms. The Kier molecular flexibility index (Phi) is 4.56. The molecule has 0 N–H and O–H groups in total. The van der Waals surface area contributed by atoms with Crippen molar-refractivity contribution < 1.29 is 0 Å². The lowest BCUT2D eigenvalue weighted by atomic mass is 10.1. The van der Waals surface area contributed by atoms with Crippen molar-refractivity contribution in [1.29, 1.82) is 5.26 Å². The lowest BCUT2D eigenvalue weighted by Crippen LogP contribution is -2.40. The highest BCUT2D eigenvalue weighted by Gasteiger charge is 2.28. The van der Waals surface area contributed by atoms with Crippen LogP contribution in [0.15, 0.2) is 18.3 Å². The van der Waals surface area contributed by atoms with Gasteiger partial charge in [-0.3, -0.25) is 0 Å². The van der Waals surface area contributed by atoms with Crippen LogP contribution in [0.25, 0.3) is 0 Å². The van der Waals surface area contributed by atoms with Crippen molar-refractivity contribution in [3.8, 4) is 6.07 Å². The number of rotatable bonds is 4. The van der Waals surface area contributed by atoms with E-state index < -0.39 is 0 Å². The summed E-state index contributed by atoms with van der Waals surface area (Å²) in [4.78, 5) is 4.31. The molecule has 0 aliphatic carbocycles. The molecule has 1 fully saturated rings. The minimum absolute atomic E-state index is 0.321.